The number of carbonyl (C=O) groups is 1. The van der Waals surface area contributed by atoms with E-state index in [1.54, 1.807) is 24.3 Å². The van der Waals surface area contributed by atoms with Gasteiger partial charge < -0.3 is 10.6 Å². The summed E-state index contributed by atoms with van der Waals surface area (Å²) in [6.45, 7) is 0.255. The van der Waals surface area contributed by atoms with Gasteiger partial charge in [0.2, 0.25) is 0 Å². The molecule has 30 heavy (non-hydrogen) atoms. The third kappa shape index (κ3) is 4.28. The summed E-state index contributed by atoms with van der Waals surface area (Å²) in [5.74, 6) is -0.389. The first kappa shape index (κ1) is 20.3. The number of benzene rings is 2. The van der Waals surface area contributed by atoms with Crippen LogP contribution in [0, 0.1) is 0 Å². The van der Waals surface area contributed by atoms with E-state index in [9.17, 15) is 18.0 Å². The molecule has 0 unspecified atom stereocenters. The van der Waals surface area contributed by atoms with Crippen molar-refractivity contribution in [3.05, 3.63) is 82.5 Å². The number of nitrogens with one attached hydrogen (secondary N) is 2. The normalized spacial score (nSPS) is 18.4. The van der Waals surface area contributed by atoms with Gasteiger partial charge in [0.05, 0.1) is 6.04 Å². The summed E-state index contributed by atoms with van der Waals surface area (Å²) in [5.41, 5.74) is 1.49. The van der Waals surface area contributed by atoms with Crippen LogP contribution < -0.4 is 10.6 Å². The van der Waals surface area contributed by atoms with Crippen LogP contribution in [-0.2, 0) is 6.54 Å². The second-order valence-electron chi connectivity index (χ2n) is 7.07. The first-order valence-corrected chi connectivity index (χ1v) is 9.69. The number of hydrogen-bond donors (Lipinski definition) is 2. The van der Waals surface area contributed by atoms with E-state index in [1.165, 1.54) is 6.07 Å². The Bertz CT molecular complexity index is 1030. The summed E-state index contributed by atoms with van der Waals surface area (Å²) in [6.07, 6.45) is -4.75. The van der Waals surface area contributed by atoms with Gasteiger partial charge in [0.15, 0.2) is 11.7 Å². The van der Waals surface area contributed by atoms with Crippen LogP contribution in [0.5, 0.6) is 0 Å². The highest BCUT2D eigenvalue weighted by atomic mass is 35.5. The minimum atomic E-state index is -4.51. The number of fused-ring (bicyclic) bond motifs is 1. The molecule has 5 nitrogen and oxygen atoms in total. The number of alkyl halides is 3. The molecule has 9 heteroatoms. The topological polar surface area (TPSA) is 59.0 Å². The third-order valence-electron chi connectivity index (χ3n) is 4.99. The van der Waals surface area contributed by atoms with Crippen LogP contribution >= 0.6 is 11.6 Å². The lowest BCUT2D eigenvalue weighted by atomic mass is 9.97. The molecule has 3 aromatic rings. The number of amides is 1. The molecule has 4 rings (SSSR count). The maximum Gasteiger partial charge on any atom is 0.410 e. The van der Waals surface area contributed by atoms with Crippen molar-refractivity contribution in [3.8, 4) is 0 Å². The maximum absolute atomic E-state index is 13.7. The van der Waals surface area contributed by atoms with E-state index in [4.69, 9.17) is 11.6 Å². The highest BCUT2D eigenvalue weighted by Gasteiger charge is 2.46. The molecule has 0 saturated carbocycles. The van der Waals surface area contributed by atoms with Gasteiger partial charge in [0.1, 0.15) is 5.82 Å². The Kier molecular flexibility index (Phi) is 5.42. The molecule has 2 aromatic carbocycles. The average Bonchev–Trinajstić information content (AvgIpc) is 3.16. The molecule has 2 N–H and O–H groups in total. The van der Waals surface area contributed by atoms with Gasteiger partial charge in [0, 0.05) is 24.1 Å². The molecule has 0 saturated heterocycles. The van der Waals surface area contributed by atoms with Gasteiger partial charge in [0.25, 0.3) is 5.91 Å². The first-order valence-electron chi connectivity index (χ1n) is 9.31. The van der Waals surface area contributed by atoms with E-state index >= 15 is 0 Å². The van der Waals surface area contributed by atoms with Crippen molar-refractivity contribution in [2.24, 2.45) is 0 Å². The van der Waals surface area contributed by atoms with Gasteiger partial charge in [-0.15, -0.1) is 0 Å². The van der Waals surface area contributed by atoms with E-state index in [0.717, 1.165) is 10.2 Å². The van der Waals surface area contributed by atoms with Crippen molar-refractivity contribution >= 4 is 23.3 Å². The number of carbonyl (C=O) groups excluding carboxylic acids is 1. The Hall–Kier alpha value is -3.00. The van der Waals surface area contributed by atoms with Crippen LogP contribution in [0.3, 0.4) is 0 Å². The zero-order chi connectivity index (χ0) is 21.3. The fourth-order valence-electron chi connectivity index (χ4n) is 3.47. The van der Waals surface area contributed by atoms with E-state index in [-0.39, 0.29) is 24.5 Å². The van der Waals surface area contributed by atoms with Gasteiger partial charge in [-0.1, -0.05) is 54.1 Å². The van der Waals surface area contributed by atoms with Crippen LogP contribution in [0.1, 0.15) is 40.1 Å². The molecular weight excluding hydrogens is 417 g/mol. The molecule has 0 aliphatic carbocycles. The Morgan fingerprint density at radius 1 is 1.17 bits per heavy atom. The fourth-order valence-corrected chi connectivity index (χ4v) is 3.59. The minimum Gasteiger partial charge on any atom is -0.363 e. The quantitative estimate of drug-likeness (QED) is 0.598. The Balaban J connectivity index is 1.58. The molecule has 1 amide bonds. The number of nitrogens with zero attached hydrogens (tertiary/aromatic N) is 2. The van der Waals surface area contributed by atoms with E-state index < -0.39 is 24.2 Å². The Labute approximate surface area is 175 Å². The summed E-state index contributed by atoms with van der Waals surface area (Å²) in [7, 11) is 0. The summed E-state index contributed by atoms with van der Waals surface area (Å²) in [4.78, 5) is 12.5. The molecule has 2 heterocycles. The molecule has 2 atom stereocenters. The van der Waals surface area contributed by atoms with Crippen molar-refractivity contribution in [1.29, 1.82) is 0 Å². The summed E-state index contributed by atoms with van der Waals surface area (Å²) >= 11 is 5.89. The van der Waals surface area contributed by atoms with E-state index in [2.05, 4.69) is 15.7 Å². The molecule has 1 aromatic heterocycles. The summed E-state index contributed by atoms with van der Waals surface area (Å²) in [5, 5.41) is 10.2. The molecule has 1 aliphatic heterocycles. The van der Waals surface area contributed by atoms with Gasteiger partial charge in [-0.25, -0.2) is 4.68 Å². The SMILES string of the molecule is O=C(NCc1ccccc1)c1cc2n(n1)[C@H](C(F)(F)F)C[C@H](c1ccc(Cl)cc1)N2. The first-order chi connectivity index (χ1) is 14.3. The second kappa shape index (κ2) is 8.02. The second-order valence-corrected chi connectivity index (χ2v) is 7.51. The monoisotopic (exact) mass is 434 g/mol. The van der Waals surface area contributed by atoms with Crippen molar-refractivity contribution in [2.45, 2.75) is 31.2 Å². The summed E-state index contributed by atoms with van der Waals surface area (Å²) < 4.78 is 42.1. The molecular formula is C21H18ClF3N4O. The number of rotatable bonds is 4. The molecule has 0 spiro atoms. The molecule has 156 valence electrons. The molecule has 0 bridgehead atoms. The molecule has 1 aliphatic rings. The van der Waals surface area contributed by atoms with Crippen molar-refractivity contribution < 1.29 is 18.0 Å². The lowest BCUT2D eigenvalue weighted by Gasteiger charge is -2.33. The van der Waals surface area contributed by atoms with Gasteiger partial charge in [-0.05, 0) is 23.3 Å². The van der Waals surface area contributed by atoms with E-state index in [0.29, 0.717) is 10.6 Å². The average molecular weight is 435 g/mol. The molecule has 0 fully saturated rings. The van der Waals surface area contributed by atoms with E-state index in [1.807, 2.05) is 30.3 Å². The van der Waals surface area contributed by atoms with Crippen LogP contribution in [-0.4, -0.2) is 21.9 Å². The standard InChI is InChI=1S/C21H18ClF3N4O/c22-15-8-6-14(7-9-15)16-10-18(21(23,24)25)29-19(27-16)11-17(28-29)20(30)26-12-13-4-2-1-3-5-13/h1-9,11,16,18,27H,10,12H2,(H,26,30)/t16-,18+/m1/s1. The van der Waals surface area contributed by atoms with Crippen LogP contribution in [0.2, 0.25) is 5.02 Å². The van der Waals surface area contributed by atoms with Crippen LogP contribution in [0.4, 0.5) is 19.0 Å². The van der Waals surface area contributed by atoms with Gasteiger partial charge >= 0.3 is 6.18 Å². The predicted octanol–water partition coefficient (Wildman–Crippen LogP) is 5.13. The van der Waals surface area contributed by atoms with Crippen molar-refractivity contribution in [3.63, 3.8) is 0 Å². The van der Waals surface area contributed by atoms with Crippen LogP contribution in [0.15, 0.2) is 60.7 Å². The third-order valence-corrected chi connectivity index (χ3v) is 5.24. The van der Waals surface area contributed by atoms with Gasteiger partial charge in [-0.2, -0.15) is 18.3 Å². The van der Waals surface area contributed by atoms with Crippen LogP contribution in [0.25, 0.3) is 0 Å². The number of halogens is 4. The largest absolute Gasteiger partial charge is 0.410 e. The minimum absolute atomic E-state index is 0.0700. The lowest BCUT2D eigenvalue weighted by molar-refractivity contribution is -0.173. The highest BCUT2D eigenvalue weighted by Crippen LogP contribution is 2.43. The number of anilines is 1. The Morgan fingerprint density at radius 3 is 2.53 bits per heavy atom. The lowest BCUT2D eigenvalue weighted by Crippen LogP contribution is -2.35. The fraction of sp³-hybridized carbons (Fsp3) is 0.238. The zero-order valence-electron chi connectivity index (χ0n) is 15.7. The predicted molar refractivity (Wildman–Crippen MR) is 107 cm³/mol. The zero-order valence-corrected chi connectivity index (χ0v) is 16.4. The van der Waals surface area contributed by atoms with Crippen molar-refractivity contribution in [1.82, 2.24) is 15.1 Å². The summed E-state index contributed by atoms with van der Waals surface area (Å²) in [6, 6.07) is 14.8. The van der Waals surface area contributed by atoms with Crippen molar-refractivity contribution in [2.75, 3.05) is 5.32 Å². The molecule has 0 radical (unpaired) electrons. The van der Waals surface area contributed by atoms with Gasteiger partial charge in [-0.3, -0.25) is 4.79 Å². The smallest absolute Gasteiger partial charge is 0.363 e. The number of hydrogen-bond acceptors (Lipinski definition) is 3. The number of aromatic nitrogens is 2. The highest BCUT2D eigenvalue weighted by molar-refractivity contribution is 6.30. The Morgan fingerprint density at radius 2 is 1.87 bits per heavy atom. The maximum atomic E-state index is 13.7.